The quantitative estimate of drug-likeness (QED) is 0.381. The zero-order valence-corrected chi connectivity index (χ0v) is 20.1. The topological polar surface area (TPSA) is 43.3 Å². The van der Waals surface area contributed by atoms with E-state index in [1.165, 1.54) is 11.3 Å². The van der Waals surface area contributed by atoms with E-state index in [1.807, 2.05) is 19.2 Å². The largest absolute Gasteiger partial charge is 0.495 e. The highest BCUT2D eigenvalue weighted by molar-refractivity contribution is 14.0. The minimum atomic E-state index is 0. The van der Waals surface area contributed by atoms with E-state index in [0.717, 1.165) is 50.1 Å². The summed E-state index contributed by atoms with van der Waals surface area (Å²) in [6.45, 7) is 4.50. The van der Waals surface area contributed by atoms with Crippen molar-refractivity contribution in [1.82, 2.24) is 10.2 Å². The lowest BCUT2D eigenvalue weighted by atomic mass is 10.2. The Kier molecular flexibility index (Phi) is 8.88. The van der Waals surface area contributed by atoms with Gasteiger partial charge >= 0.3 is 0 Å². The van der Waals surface area contributed by atoms with Crippen LogP contribution in [0.4, 0.5) is 11.4 Å². The van der Waals surface area contributed by atoms with Crippen LogP contribution in [0.2, 0.25) is 0 Å². The normalized spacial score (nSPS) is 14.3. The summed E-state index contributed by atoms with van der Waals surface area (Å²) in [5.74, 6) is 1.88. The van der Waals surface area contributed by atoms with Crippen LogP contribution in [0.5, 0.6) is 5.75 Å². The van der Waals surface area contributed by atoms with Crippen LogP contribution in [-0.4, -0.2) is 65.3 Å². The Morgan fingerprint density at radius 1 is 1.07 bits per heavy atom. The third-order valence-corrected chi connectivity index (χ3v) is 5.09. The van der Waals surface area contributed by atoms with Crippen molar-refractivity contribution in [3.05, 3.63) is 54.1 Å². The van der Waals surface area contributed by atoms with Gasteiger partial charge < -0.3 is 24.8 Å². The number of methoxy groups -OCH3 is 1. The lowest BCUT2D eigenvalue weighted by Crippen LogP contribution is -2.52. The average molecular weight is 509 g/mol. The molecule has 0 atom stereocenters. The van der Waals surface area contributed by atoms with Crippen LogP contribution in [0.1, 0.15) is 5.56 Å². The lowest BCUT2D eigenvalue weighted by molar-refractivity contribution is 0.367. The molecule has 0 unspecified atom stereocenters. The van der Waals surface area contributed by atoms with Crippen molar-refractivity contribution in [3.8, 4) is 5.75 Å². The van der Waals surface area contributed by atoms with Crippen molar-refractivity contribution in [3.63, 3.8) is 0 Å². The van der Waals surface area contributed by atoms with Gasteiger partial charge in [0.05, 0.1) is 12.8 Å². The first-order valence-electron chi connectivity index (χ1n) is 9.72. The van der Waals surface area contributed by atoms with Gasteiger partial charge in [0.25, 0.3) is 0 Å². The predicted molar refractivity (Wildman–Crippen MR) is 133 cm³/mol. The first-order valence-corrected chi connectivity index (χ1v) is 9.72. The number of anilines is 2. The Morgan fingerprint density at radius 2 is 1.79 bits per heavy atom. The fourth-order valence-electron chi connectivity index (χ4n) is 3.51. The summed E-state index contributed by atoms with van der Waals surface area (Å²) >= 11 is 0. The maximum absolute atomic E-state index is 5.51. The fourth-order valence-corrected chi connectivity index (χ4v) is 3.51. The molecule has 0 saturated carbocycles. The predicted octanol–water partition coefficient (Wildman–Crippen LogP) is 3.28. The van der Waals surface area contributed by atoms with E-state index in [0.29, 0.717) is 0 Å². The van der Waals surface area contributed by atoms with Crippen LogP contribution in [-0.2, 0) is 6.54 Å². The summed E-state index contributed by atoms with van der Waals surface area (Å²) < 4.78 is 5.51. The monoisotopic (exact) mass is 509 g/mol. The minimum Gasteiger partial charge on any atom is -0.495 e. The fraction of sp³-hybridized carbons (Fsp3) is 0.409. The standard InChI is InChI=1S/C22H31N5O.HI/c1-23-22(24-17-18-8-7-9-19(16-18)25(2)3)27-14-12-26(13-15-27)20-10-5-6-11-21(20)28-4;/h5-11,16H,12-15,17H2,1-4H3,(H,23,24);1H. The van der Waals surface area contributed by atoms with Crippen LogP contribution < -0.4 is 19.9 Å². The zero-order chi connectivity index (χ0) is 19.9. The Morgan fingerprint density at radius 3 is 2.45 bits per heavy atom. The molecular weight excluding hydrogens is 477 g/mol. The number of nitrogens with one attached hydrogen (secondary N) is 1. The van der Waals surface area contributed by atoms with Crippen LogP contribution in [0.25, 0.3) is 0 Å². The molecule has 0 spiro atoms. The van der Waals surface area contributed by atoms with Crippen LogP contribution in [0.3, 0.4) is 0 Å². The SMILES string of the molecule is CN=C(NCc1cccc(N(C)C)c1)N1CCN(c2ccccc2OC)CC1.I. The molecule has 6 nitrogen and oxygen atoms in total. The summed E-state index contributed by atoms with van der Waals surface area (Å²) in [7, 11) is 7.71. The number of halogens is 1. The number of piperazine rings is 1. The molecule has 7 heteroatoms. The van der Waals surface area contributed by atoms with E-state index in [2.05, 4.69) is 75.5 Å². The number of hydrogen-bond acceptors (Lipinski definition) is 4. The van der Waals surface area contributed by atoms with Crippen LogP contribution in [0, 0.1) is 0 Å². The van der Waals surface area contributed by atoms with Gasteiger partial charge in [0.2, 0.25) is 0 Å². The first kappa shape index (κ1) is 23.1. The Bertz CT molecular complexity index is 803. The molecule has 3 rings (SSSR count). The van der Waals surface area contributed by atoms with E-state index in [9.17, 15) is 0 Å². The van der Waals surface area contributed by atoms with Crippen molar-refractivity contribution in [2.45, 2.75) is 6.54 Å². The maximum atomic E-state index is 5.51. The number of rotatable bonds is 5. The molecule has 1 aliphatic rings. The van der Waals surface area contributed by atoms with Gasteiger partial charge in [0, 0.05) is 59.6 Å². The smallest absolute Gasteiger partial charge is 0.194 e. The molecule has 1 saturated heterocycles. The molecule has 0 aromatic heterocycles. The van der Waals surface area contributed by atoms with Gasteiger partial charge in [-0.3, -0.25) is 4.99 Å². The molecule has 29 heavy (non-hydrogen) atoms. The molecule has 0 bridgehead atoms. The first-order chi connectivity index (χ1) is 13.6. The van der Waals surface area contributed by atoms with Crippen molar-refractivity contribution < 1.29 is 4.74 Å². The average Bonchev–Trinajstić information content (AvgIpc) is 2.75. The zero-order valence-electron chi connectivity index (χ0n) is 17.8. The van der Waals surface area contributed by atoms with Crippen LogP contribution in [0.15, 0.2) is 53.5 Å². The molecule has 2 aromatic carbocycles. The second-order valence-corrected chi connectivity index (χ2v) is 7.11. The van der Waals surface area contributed by atoms with Gasteiger partial charge in [-0.1, -0.05) is 24.3 Å². The second-order valence-electron chi connectivity index (χ2n) is 7.11. The summed E-state index contributed by atoms with van der Waals surface area (Å²) in [6, 6.07) is 16.8. The van der Waals surface area contributed by atoms with Gasteiger partial charge in [-0.25, -0.2) is 0 Å². The lowest BCUT2D eigenvalue weighted by Gasteiger charge is -2.38. The second kappa shape index (κ2) is 11.1. The van der Waals surface area contributed by atoms with E-state index < -0.39 is 0 Å². The number of benzene rings is 2. The molecule has 1 aliphatic heterocycles. The third kappa shape index (κ3) is 5.91. The van der Waals surface area contributed by atoms with Gasteiger partial charge in [0.15, 0.2) is 5.96 Å². The molecule has 0 aliphatic carbocycles. The van der Waals surface area contributed by atoms with Crippen LogP contribution >= 0.6 is 24.0 Å². The van der Waals surface area contributed by atoms with Crippen molar-refractivity contribution in [2.75, 3.05) is 64.2 Å². The Hall–Kier alpha value is -2.16. The van der Waals surface area contributed by atoms with E-state index in [-0.39, 0.29) is 24.0 Å². The number of hydrogen-bond donors (Lipinski definition) is 1. The highest BCUT2D eigenvalue weighted by Crippen LogP contribution is 2.28. The molecule has 2 aromatic rings. The van der Waals surface area contributed by atoms with Crippen molar-refractivity contribution in [1.29, 1.82) is 0 Å². The highest BCUT2D eigenvalue weighted by Gasteiger charge is 2.21. The van der Waals surface area contributed by atoms with Gasteiger partial charge in [-0.05, 0) is 29.8 Å². The third-order valence-electron chi connectivity index (χ3n) is 5.09. The number of aliphatic imine (C=N–C) groups is 1. The van der Waals surface area contributed by atoms with Gasteiger partial charge in [-0.15, -0.1) is 24.0 Å². The Balaban J connectivity index is 0.00000300. The molecule has 1 heterocycles. The Labute approximate surface area is 191 Å². The molecule has 1 fully saturated rings. The van der Waals surface area contributed by atoms with Crippen molar-refractivity contribution >= 4 is 41.3 Å². The maximum Gasteiger partial charge on any atom is 0.194 e. The summed E-state index contributed by atoms with van der Waals surface area (Å²) in [6.07, 6.45) is 0. The van der Waals surface area contributed by atoms with E-state index >= 15 is 0 Å². The number of ether oxygens (including phenoxy) is 1. The van der Waals surface area contributed by atoms with E-state index in [1.54, 1.807) is 7.11 Å². The van der Waals surface area contributed by atoms with Gasteiger partial charge in [-0.2, -0.15) is 0 Å². The highest BCUT2D eigenvalue weighted by atomic mass is 127. The molecule has 0 amide bonds. The number of para-hydroxylation sites is 2. The van der Waals surface area contributed by atoms with E-state index in [4.69, 9.17) is 4.74 Å². The number of nitrogens with zero attached hydrogens (tertiary/aromatic N) is 4. The molecular formula is C22H32IN5O. The molecule has 0 radical (unpaired) electrons. The molecule has 1 N–H and O–H groups in total. The van der Waals surface area contributed by atoms with Crippen molar-refractivity contribution in [2.24, 2.45) is 4.99 Å². The molecule has 158 valence electrons. The summed E-state index contributed by atoms with van der Waals surface area (Å²) in [5.41, 5.74) is 3.62. The number of guanidine groups is 1. The summed E-state index contributed by atoms with van der Waals surface area (Å²) in [5, 5.41) is 3.51. The van der Waals surface area contributed by atoms with Gasteiger partial charge in [0.1, 0.15) is 5.75 Å². The summed E-state index contributed by atoms with van der Waals surface area (Å²) in [4.78, 5) is 11.3. The minimum absolute atomic E-state index is 0.